The van der Waals surface area contributed by atoms with Crippen LogP contribution in [0.2, 0.25) is 0 Å². The highest BCUT2D eigenvalue weighted by Crippen LogP contribution is 2.42. The molecule has 1 N–H and O–H groups in total. The van der Waals surface area contributed by atoms with Gasteiger partial charge in [-0.15, -0.1) is 0 Å². The highest BCUT2D eigenvalue weighted by Gasteiger charge is 2.37. The van der Waals surface area contributed by atoms with Crippen LogP contribution in [0, 0.1) is 0 Å². The van der Waals surface area contributed by atoms with Crippen LogP contribution in [0.3, 0.4) is 0 Å². The van der Waals surface area contributed by atoms with E-state index in [0.29, 0.717) is 62.7 Å². The standard InChI is InChI=1S/C34H30F6N2O6S2/c35-33(36,37)24-18-23(19-25(20-24)34(38,39)40)27-16-21(2-7-28(27)48-15-11-41-9-13-46-14-10-41)17-29-30(43)42(32(49)50-29)8-1-12-47-26-5-3-22(4-6-26)31(44)45/h2-7,16-20H,1,8-15H2,(H,44,45). The molecule has 3 aromatic carbocycles. The second-order valence-corrected chi connectivity index (χ2v) is 12.9. The fourth-order valence-electron chi connectivity index (χ4n) is 5.16. The van der Waals surface area contributed by atoms with Gasteiger partial charge in [-0.2, -0.15) is 26.3 Å². The van der Waals surface area contributed by atoms with Crippen molar-refractivity contribution in [3.05, 3.63) is 87.8 Å². The minimum atomic E-state index is -5.05. The molecule has 1 amide bonds. The Balaban J connectivity index is 1.36. The molecule has 16 heteroatoms. The second kappa shape index (κ2) is 15.8. The maximum atomic E-state index is 13.8. The number of carbonyl (C=O) groups excluding carboxylic acids is 1. The highest BCUT2D eigenvalue weighted by atomic mass is 32.2. The number of carbonyl (C=O) groups is 2. The molecule has 8 nitrogen and oxygen atoms in total. The van der Waals surface area contributed by atoms with Gasteiger partial charge in [-0.25, -0.2) is 4.79 Å². The molecule has 2 saturated heterocycles. The Kier molecular flexibility index (Phi) is 11.8. The fraction of sp³-hybridized carbons (Fsp3) is 0.324. The Morgan fingerprint density at radius 2 is 1.56 bits per heavy atom. The van der Waals surface area contributed by atoms with Gasteiger partial charge >= 0.3 is 18.3 Å². The molecule has 0 aliphatic carbocycles. The number of hydrogen-bond acceptors (Lipinski definition) is 8. The van der Waals surface area contributed by atoms with Crippen LogP contribution in [0.4, 0.5) is 26.3 Å². The normalized spacial score (nSPS) is 16.7. The Bertz CT molecular complexity index is 1730. The van der Waals surface area contributed by atoms with Crippen LogP contribution in [-0.2, 0) is 21.9 Å². The molecule has 0 aromatic heterocycles. The van der Waals surface area contributed by atoms with Crippen molar-refractivity contribution in [2.24, 2.45) is 0 Å². The largest absolute Gasteiger partial charge is 0.494 e. The van der Waals surface area contributed by atoms with Crippen molar-refractivity contribution in [2.75, 3.05) is 52.6 Å². The lowest BCUT2D eigenvalue weighted by Crippen LogP contribution is -2.38. The van der Waals surface area contributed by atoms with Gasteiger partial charge in [0.05, 0.1) is 41.4 Å². The Hall–Kier alpha value is -4.12. The van der Waals surface area contributed by atoms with Crippen molar-refractivity contribution < 1.29 is 55.2 Å². The molecular formula is C34H30F6N2O6S2. The lowest BCUT2D eigenvalue weighted by atomic mass is 9.96. The molecule has 0 spiro atoms. The average molecular weight is 741 g/mol. The summed E-state index contributed by atoms with van der Waals surface area (Å²) in [6.45, 7) is 3.39. The van der Waals surface area contributed by atoms with Crippen molar-refractivity contribution in [3.63, 3.8) is 0 Å². The summed E-state index contributed by atoms with van der Waals surface area (Å²) in [5.41, 5.74) is -2.85. The van der Waals surface area contributed by atoms with Crippen LogP contribution >= 0.6 is 24.0 Å². The summed E-state index contributed by atoms with van der Waals surface area (Å²) in [4.78, 5) is 27.9. The number of hydrogen-bond donors (Lipinski definition) is 1. The number of ether oxygens (including phenoxy) is 3. The van der Waals surface area contributed by atoms with Gasteiger partial charge < -0.3 is 19.3 Å². The predicted molar refractivity (Wildman–Crippen MR) is 178 cm³/mol. The molecule has 0 atom stereocenters. The van der Waals surface area contributed by atoms with Crippen molar-refractivity contribution in [1.29, 1.82) is 0 Å². The zero-order valence-electron chi connectivity index (χ0n) is 26.2. The van der Waals surface area contributed by atoms with E-state index in [4.69, 9.17) is 31.5 Å². The first-order chi connectivity index (χ1) is 23.7. The van der Waals surface area contributed by atoms with Gasteiger partial charge in [0.15, 0.2) is 0 Å². The van der Waals surface area contributed by atoms with E-state index in [2.05, 4.69) is 4.90 Å². The van der Waals surface area contributed by atoms with Crippen molar-refractivity contribution in [1.82, 2.24) is 9.80 Å². The quantitative estimate of drug-likeness (QED) is 0.0880. The molecule has 2 heterocycles. The van der Waals surface area contributed by atoms with Gasteiger partial charge in [0, 0.05) is 31.7 Å². The van der Waals surface area contributed by atoms with Gasteiger partial charge in [-0.3, -0.25) is 14.6 Å². The summed E-state index contributed by atoms with van der Waals surface area (Å²) < 4.78 is 99.7. The maximum Gasteiger partial charge on any atom is 0.416 e. The van der Waals surface area contributed by atoms with E-state index in [1.165, 1.54) is 47.4 Å². The van der Waals surface area contributed by atoms with E-state index in [1.54, 1.807) is 6.07 Å². The van der Waals surface area contributed by atoms with Crippen LogP contribution in [0.1, 0.15) is 33.5 Å². The lowest BCUT2D eigenvalue weighted by molar-refractivity contribution is -0.143. The molecule has 0 radical (unpaired) electrons. The number of alkyl halides is 6. The molecule has 50 heavy (non-hydrogen) atoms. The van der Waals surface area contributed by atoms with E-state index in [0.717, 1.165) is 11.8 Å². The second-order valence-electron chi connectivity index (χ2n) is 11.2. The molecule has 0 unspecified atom stereocenters. The summed E-state index contributed by atoms with van der Waals surface area (Å²) in [5.74, 6) is -0.956. The molecule has 266 valence electrons. The molecular weight excluding hydrogens is 711 g/mol. The Morgan fingerprint density at radius 3 is 2.18 bits per heavy atom. The van der Waals surface area contributed by atoms with Gasteiger partial charge in [-0.05, 0) is 78.2 Å². The number of benzene rings is 3. The minimum absolute atomic E-state index is 0.0126. The topological polar surface area (TPSA) is 88.5 Å². The van der Waals surface area contributed by atoms with Gasteiger partial charge in [-0.1, -0.05) is 30.0 Å². The zero-order valence-corrected chi connectivity index (χ0v) is 27.8. The summed E-state index contributed by atoms with van der Waals surface area (Å²) in [6, 6.07) is 11.6. The Labute approximate surface area is 292 Å². The number of carboxylic acids is 1. The van der Waals surface area contributed by atoms with Crippen LogP contribution in [-0.4, -0.2) is 83.7 Å². The first-order valence-corrected chi connectivity index (χ1v) is 16.5. The third-order valence-corrected chi connectivity index (χ3v) is 9.12. The number of thioether (sulfide) groups is 1. The zero-order chi connectivity index (χ0) is 36.1. The number of nitrogens with zero attached hydrogens (tertiary/aromatic N) is 2. The molecule has 0 saturated carbocycles. The van der Waals surface area contributed by atoms with E-state index in [1.807, 2.05) is 0 Å². The van der Waals surface area contributed by atoms with Crippen LogP contribution in [0.25, 0.3) is 17.2 Å². The molecule has 2 aliphatic heterocycles. The van der Waals surface area contributed by atoms with Gasteiger partial charge in [0.25, 0.3) is 5.91 Å². The molecule has 2 fully saturated rings. The van der Waals surface area contributed by atoms with Crippen molar-refractivity contribution in [2.45, 2.75) is 18.8 Å². The minimum Gasteiger partial charge on any atom is -0.494 e. The number of amides is 1. The predicted octanol–water partition coefficient (Wildman–Crippen LogP) is 7.47. The van der Waals surface area contributed by atoms with Crippen LogP contribution in [0.15, 0.2) is 65.6 Å². The summed E-state index contributed by atoms with van der Waals surface area (Å²) in [7, 11) is 0. The maximum absolute atomic E-state index is 13.8. The van der Waals surface area contributed by atoms with Crippen molar-refractivity contribution >= 4 is 46.3 Å². The highest BCUT2D eigenvalue weighted by molar-refractivity contribution is 8.26. The first kappa shape index (κ1) is 37.1. The van der Waals surface area contributed by atoms with Gasteiger partial charge in [0.2, 0.25) is 0 Å². The third-order valence-electron chi connectivity index (χ3n) is 7.74. The SMILES string of the molecule is O=C(O)c1ccc(OCCCN2C(=O)C(=Cc3ccc(OCCN4CCOCC4)c(-c4cc(C(F)(F)F)cc(C(F)(F)F)c4)c3)SC2=S)cc1. The van der Waals surface area contributed by atoms with E-state index in [9.17, 15) is 35.9 Å². The van der Waals surface area contributed by atoms with Crippen LogP contribution in [0.5, 0.6) is 11.5 Å². The summed E-state index contributed by atoms with van der Waals surface area (Å²) in [6.07, 6.45) is -8.23. The van der Waals surface area contributed by atoms with Crippen molar-refractivity contribution in [3.8, 4) is 22.6 Å². The smallest absolute Gasteiger partial charge is 0.416 e. The average Bonchev–Trinajstić information content (AvgIpc) is 3.34. The van der Waals surface area contributed by atoms with Crippen LogP contribution < -0.4 is 9.47 Å². The lowest BCUT2D eigenvalue weighted by Gasteiger charge is -2.26. The van der Waals surface area contributed by atoms with E-state index in [-0.39, 0.29) is 57.5 Å². The number of halogens is 6. The number of morpholine rings is 1. The van der Waals surface area contributed by atoms with Gasteiger partial charge in [0.1, 0.15) is 22.4 Å². The van der Waals surface area contributed by atoms with E-state index >= 15 is 0 Å². The summed E-state index contributed by atoms with van der Waals surface area (Å²) >= 11 is 6.41. The van der Waals surface area contributed by atoms with E-state index < -0.39 is 35.4 Å². The number of carboxylic acid groups (broad SMARTS) is 1. The first-order valence-electron chi connectivity index (χ1n) is 15.3. The number of rotatable bonds is 12. The third kappa shape index (κ3) is 9.56. The molecule has 0 bridgehead atoms. The monoisotopic (exact) mass is 740 g/mol. The molecule has 3 aromatic rings. The summed E-state index contributed by atoms with van der Waals surface area (Å²) in [5, 5.41) is 9.02. The molecule has 5 rings (SSSR count). The number of thiocarbonyl (C=S) groups is 1. The molecule has 2 aliphatic rings. The number of aromatic carboxylic acids is 1. The Morgan fingerprint density at radius 1 is 0.900 bits per heavy atom. The fourth-order valence-corrected chi connectivity index (χ4v) is 6.47.